The average molecular weight is 268 g/mol. The molecule has 1 amide bonds. The van der Waals surface area contributed by atoms with Crippen LogP contribution in [0.2, 0.25) is 0 Å². The summed E-state index contributed by atoms with van der Waals surface area (Å²) in [7, 11) is 3.45. The minimum absolute atomic E-state index is 0.0503. The fourth-order valence-electron chi connectivity index (χ4n) is 1.93. The third kappa shape index (κ3) is 2.86. The van der Waals surface area contributed by atoms with Crippen molar-refractivity contribution in [3.05, 3.63) is 36.0 Å². The molecular formula is C15H16N4O. The number of carbonyl (C=O) groups excluding carboxylic acids is 1. The van der Waals surface area contributed by atoms with Crippen LogP contribution in [0, 0.1) is 11.3 Å². The molecule has 5 heteroatoms. The maximum atomic E-state index is 11.6. The van der Waals surface area contributed by atoms with Crippen LogP contribution in [0.25, 0.3) is 10.9 Å². The molecule has 2 rings (SSSR count). The number of amides is 1. The number of carbonyl (C=O) groups is 1. The van der Waals surface area contributed by atoms with Gasteiger partial charge in [0, 0.05) is 38.6 Å². The van der Waals surface area contributed by atoms with Gasteiger partial charge in [-0.15, -0.1) is 0 Å². The number of hydrogen-bond acceptors (Lipinski definition) is 4. The highest BCUT2D eigenvalue weighted by Gasteiger charge is 2.09. The lowest BCUT2D eigenvalue weighted by atomic mass is 10.1. The van der Waals surface area contributed by atoms with Crippen LogP contribution in [-0.2, 0) is 4.79 Å². The lowest BCUT2D eigenvalue weighted by Crippen LogP contribution is -2.24. The highest BCUT2D eigenvalue weighted by Crippen LogP contribution is 2.25. The van der Waals surface area contributed by atoms with Gasteiger partial charge in [0.15, 0.2) is 0 Å². The third-order valence-electron chi connectivity index (χ3n) is 3.04. The first-order chi connectivity index (χ1) is 9.63. The molecule has 0 radical (unpaired) electrons. The Kier molecular flexibility index (Phi) is 4.16. The van der Waals surface area contributed by atoms with E-state index in [1.165, 1.54) is 0 Å². The molecule has 0 aliphatic rings. The number of fused-ring (bicyclic) bond motifs is 1. The zero-order valence-electron chi connectivity index (χ0n) is 11.6. The second-order valence-electron chi connectivity index (χ2n) is 4.64. The van der Waals surface area contributed by atoms with E-state index in [2.05, 4.69) is 16.4 Å². The van der Waals surface area contributed by atoms with Crippen molar-refractivity contribution < 1.29 is 4.79 Å². The lowest BCUT2D eigenvalue weighted by Gasteiger charge is -2.13. The first-order valence-electron chi connectivity index (χ1n) is 6.35. The van der Waals surface area contributed by atoms with Crippen molar-refractivity contribution in [2.45, 2.75) is 6.42 Å². The molecule has 0 atom stereocenters. The Bertz CT molecular complexity index is 673. The molecule has 1 heterocycles. The molecule has 0 aliphatic carbocycles. The molecule has 0 spiro atoms. The monoisotopic (exact) mass is 268 g/mol. The summed E-state index contributed by atoms with van der Waals surface area (Å²) < 4.78 is 0. The SMILES string of the molecule is CN(C)C(=O)CCNc1c(C#N)cnc2ccccc12. The van der Waals surface area contributed by atoms with Gasteiger partial charge in [0.25, 0.3) is 0 Å². The topological polar surface area (TPSA) is 69.0 Å². The van der Waals surface area contributed by atoms with E-state index in [-0.39, 0.29) is 5.91 Å². The number of pyridine rings is 1. The first-order valence-corrected chi connectivity index (χ1v) is 6.35. The van der Waals surface area contributed by atoms with Crippen LogP contribution in [0.4, 0.5) is 5.69 Å². The predicted octanol–water partition coefficient (Wildman–Crippen LogP) is 2.00. The van der Waals surface area contributed by atoms with E-state index in [4.69, 9.17) is 5.26 Å². The van der Waals surface area contributed by atoms with E-state index in [9.17, 15) is 4.79 Å². The molecule has 20 heavy (non-hydrogen) atoms. The van der Waals surface area contributed by atoms with Crippen LogP contribution in [0.15, 0.2) is 30.5 Å². The first kappa shape index (κ1) is 13.8. The van der Waals surface area contributed by atoms with Crippen LogP contribution >= 0.6 is 0 Å². The highest BCUT2D eigenvalue weighted by atomic mass is 16.2. The summed E-state index contributed by atoms with van der Waals surface area (Å²) in [6.07, 6.45) is 1.94. The van der Waals surface area contributed by atoms with E-state index < -0.39 is 0 Å². The fraction of sp³-hybridized carbons (Fsp3) is 0.267. The second-order valence-corrected chi connectivity index (χ2v) is 4.64. The van der Waals surface area contributed by atoms with E-state index in [1.54, 1.807) is 25.2 Å². The number of para-hydroxylation sites is 1. The van der Waals surface area contributed by atoms with Gasteiger partial charge in [-0.25, -0.2) is 0 Å². The highest BCUT2D eigenvalue weighted by molar-refractivity contribution is 5.94. The summed E-state index contributed by atoms with van der Waals surface area (Å²) in [5, 5.41) is 13.2. The molecular weight excluding hydrogens is 252 g/mol. The van der Waals surface area contributed by atoms with Crippen LogP contribution in [-0.4, -0.2) is 36.4 Å². The standard InChI is InChI=1S/C15H16N4O/c1-19(2)14(20)7-8-17-15-11(9-16)10-18-13-6-4-3-5-12(13)15/h3-6,10H,7-8H2,1-2H3,(H,17,18). The van der Waals surface area contributed by atoms with E-state index in [0.29, 0.717) is 18.5 Å². The van der Waals surface area contributed by atoms with Gasteiger partial charge in [0.1, 0.15) is 6.07 Å². The Morgan fingerprint density at radius 2 is 2.15 bits per heavy atom. The number of nitriles is 1. The Morgan fingerprint density at radius 1 is 1.40 bits per heavy atom. The summed E-state index contributed by atoms with van der Waals surface area (Å²) in [5.41, 5.74) is 2.05. The smallest absolute Gasteiger partial charge is 0.223 e. The molecule has 2 aromatic rings. The minimum Gasteiger partial charge on any atom is -0.383 e. The predicted molar refractivity (Wildman–Crippen MR) is 78.3 cm³/mol. The number of nitrogens with zero attached hydrogens (tertiary/aromatic N) is 3. The van der Waals surface area contributed by atoms with E-state index in [1.807, 2.05) is 24.3 Å². The van der Waals surface area contributed by atoms with Crippen LogP contribution < -0.4 is 5.32 Å². The van der Waals surface area contributed by atoms with Gasteiger partial charge in [-0.05, 0) is 6.07 Å². The molecule has 0 unspecified atom stereocenters. The van der Waals surface area contributed by atoms with Crippen molar-refractivity contribution in [3.63, 3.8) is 0 Å². The Hall–Kier alpha value is -2.61. The summed E-state index contributed by atoms with van der Waals surface area (Å²) in [6.45, 7) is 0.486. The maximum Gasteiger partial charge on any atom is 0.223 e. The van der Waals surface area contributed by atoms with Crippen molar-refractivity contribution in [3.8, 4) is 6.07 Å². The molecule has 102 valence electrons. The molecule has 1 aromatic heterocycles. The number of aromatic nitrogens is 1. The zero-order valence-corrected chi connectivity index (χ0v) is 11.6. The molecule has 5 nitrogen and oxygen atoms in total. The van der Waals surface area contributed by atoms with Crippen molar-refractivity contribution in [1.29, 1.82) is 5.26 Å². The fourth-order valence-corrected chi connectivity index (χ4v) is 1.93. The largest absolute Gasteiger partial charge is 0.383 e. The Labute approximate surface area is 117 Å². The normalized spacial score (nSPS) is 10.1. The average Bonchev–Trinajstić information content (AvgIpc) is 2.47. The quantitative estimate of drug-likeness (QED) is 0.920. The Balaban J connectivity index is 2.24. The lowest BCUT2D eigenvalue weighted by molar-refractivity contribution is -0.128. The van der Waals surface area contributed by atoms with Gasteiger partial charge in [0.05, 0.1) is 16.8 Å². The van der Waals surface area contributed by atoms with Crippen LogP contribution in [0.1, 0.15) is 12.0 Å². The van der Waals surface area contributed by atoms with Gasteiger partial charge in [0.2, 0.25) is 5.91 Å². The number of anilines is 1. The number of hydrogen-bond donors (Lipinski definition) is 1. The van der Waals surface area contributed by atoms with E-state index >= 15 is 0 Å². The molecule has 0 bridgehead atoms. The molecule has 1 N–H and O–H groups in total. The third-order valence-corrected chi connectivity index (χ3v) is 3.04. The van der Waals surface area contributed by atoms with Crippen LogP contribution in [0.3, 0.4) is 0 Å². The molecule has 1 aromatic carbocycles. The number of benzene rings is 1. The molecule has 0 saturated carbocycles. The maximum absolute atomic E-state index is 11.6. The molecule has 0 fully saturated rings. The van der Waals surface area contributed by atoms with Crippen LogP contribution in [0.5, 0.6) is 0 Å². The van der Waals surface area contributed by atoms with E-state index in [0.717, 1.165) is 16.6 Å². The second kappa shape index (κ2) is 6.02. The summed E-state index contributed by atoms with van der Waals surface area (Å²) in [5.74, 6) is 0.0503. The van der Waals surface area contributed by atoms with Crippen molar-refractivity contribution in [2.75, 3.05) is 26.0 Å². The van der Waals surface area contributed by atoms with Gasteiger partial charge in [-0.3, -0.25) is 9.78 Å². The van der Waals surface area contributed by atoms with Gasteiger partial charge < -0.3 is 10.2 Å². The summed E-state index contributed by atoms with van der Waals surface area (Å²) in [4.78, 5) is 17.4. The van der Waals surface area contributed by atoms with Crippen molar-refractivity contribution in [1.82, 2.24) is 9.88 Å². The minimum atomic E-state index is 0.0503. The molecule has 0 aliphatic heterocycles. The molecule has 0 saturated heterocycles. The van der Waals surface area contributed by atoms with Crippen molar-refractivity contribution in [2.24, 2.45) is 0 Å². The van der Waals surface area contributed by atoms with Gasteiger partial charge in [-0.2, -0.15) is 5.26 Å². The number of rotatable bonds is 4. The van der Waals surface area contributed by atoms with Gasteiger partial charge in [-0.1, -0.05) is 18.2 Å². The number of nitrogens with one attached hydrogen (secondary N) is 1. The summed E-state index contributed by atoms with van der Waals surface area (Å²) >= 11 is 0. The van der Waals surface area contributed by atoms with Crippen molar-refractivity contribution >= 4 is 22.5 Å². The Morgan fingerprint density at radius 3 is 2.85 bits per heavy atom. The zero-order chi connectivity index (χ0) is 14.5. The summed E-state index contributed by atoms with van der Waals surface area (Å²) in [6, 6.07) is 9.75. The van der Waals surface area contributed by atoms with Gasteiger partial charge >= 0.3 is 0 Å².